The van der Waals surface area contributed by atoms with Gasteiger partial charge in [0.1, 0.15) is 22.1 Å². The summed E-state index contributed by atoms with van der Waals surface area (Å²) >= 11 is 1.27. The highest BCUT2D eigenvalue weighted by Crippen LogP contribution is 2.37. The Morgan fingerprint density at radius 2 is 1.79 bits per heavy atom. The second-order valence-electron chi connectivity index (χ2n) is 6.97. The highest BCUT2D eigenvalue weighted by molar-refractivity contribution is 7.15. The van der Waals surface area contributed by atoms with E-state index < -0.39 is 5.97 Å². The number of thiophene rings is 1. The van der Waals surface area contributed by atoms with Gasteiger partial charge in [0.25, 0.3) is 5.91 Å². The van der Waals surface area contributed by atoms with Crippen LogP contribution < -0.4 is 14.8 Å². The molecule has 3 aromatic rings. The number of anilines is 1. The number of carbonyl (C=O) groups excluding carboxylic acids is 2. The Balaban J connectivity index is 1.79. The smallest absolute Gasteiger partial charge is 0.341 e. The molecule has 7 heteroatoms. The van der Waals surface area contributed by atoms with Crippen LogP contribution in [0.4, 0.5) is 5.00 Å². The van der Waals surface area contributed by atoms with Gasteiger partial charge in [0.05, 0.1) is 13.2 Å². The summed E-state index contributed by atoms with van der Waals surface area (Å²) in [6, 6.07) is 14.9. The first kappa shape index (κ1) is 24.1. The number of benzene rings is 2. The molecular formula is C26H27NO5S. The molecule has 0 atom stereocenters. The summed E-state index contributed by atoms with van der Waals surface area (Å²) in [6.45, 7) is 8.02. The fraction of sp³-hybridized carbons (Fsp3) is 0.231. The zero-order valence-corrected chi connectivity index (χ0v) is 19.6. The first-order valence-electron chi connectivity index (χ1n) is 10.7. The summed E-state index contributed by atoms with van der Waals surface area (Å²) in [6.07, 6.45) is 2.42. The fourth-order valence-electron chi connectivity index (χ4n) is 3.24. The Hall–Kier alpha value is -3.58. The van der Waals surface area contributed by atoms with E-state index in [0.29, 0.717) is 34.9 Å². The number of allylic oxidation sites excluding steroid dienone is 1. The Morgan fingerprint density at radius 3 is 2.48 bits per heavy atom. The third kappa shape index (κ3) is 6.23. The number of nitrogens with one attached hydrogen (secondary N) is 1. The average molecular weight is 466 g/mol. The van der Waals surface area contributed by atoms with Crippen LogP contribution in [-0.4, -0.2) is 31.7 Å². The first-order chi connectivity index (χ1) is 16.1. The van der Waals surface area contributed by atoms with Crippen LogP contribution in [0.5, 0.6) is 11.5 Å². The SMILES string of the molecule is C=CCc1ccccc1OCC(=O)Nc1scc(-c2ccc(OCC)cc2)c1C(=O)OCC. The van der Waals surface area contributed by atoms with Gasteiger partial charge < -0.3 is 19.5 Å². The highest BCUT2D eigenvalue weighted by Gasteiger charge is 2.23. The summed E-state index contributed by atoms with van der Waals surface area (Å²) < 4.78 is 16.5. The maximum Gasteiger partial charge on any atom is 0.341 e. The van der Waals surface area contributed by atoms with Crippen molar-refractivity contribution in [2.24, 2.45) is 0 Å². The van der Waals surface area contributed by atoms with Crippen molar-refractivity contribution in [3.63, 3.8) is 0 Å². The molecule has 0 saturated heterocycles. The Kier molecular flexibility index (Phi) is 8.66. The van der Waals surface area contributed by atoms with Crippen LogP contribution in [0.2, 0.25) is 0 Å². The molecule has 1 aromatic heterocycles. The molecule has 0 aliphatic rings. The summed E-state index contributed by atoms with van der Waals surface area (Å²) in [4.78, 5) is 25.4. The minimum absolute atomic E-state index is 0.188. The maximum atomic E-state index is 12.7. The van der Waals surface area contributed by atoms with Gasteiger partial charge in [-0.25, -0.2) is 4.79 Å². The number of para-hydroxylation sites is 1. The lowest BCUT2D eigenvalue weighted by molar-refractivity contribution is -0.118. The largest absolute Gasteiger partial charge is 0.494 e. The number of rotatable bonds is 11. The van der Waals surface area contributed by atoms with Gasteiger partial charge in [-0.15, -0.1) is 17.9 Å². The van der Waals surface area contributed by atoms with E-state index in [2.05, 4.69) is 11.9 Å². The molecule has 2 aromatic carbocycles. The van der Waals surface area contributed by atoms with E-state index >= 15 is 0 Å². The number of amides is 1. The van der Waals surface area contributed by atoms with Crippen molar-refractivity contribution in [2.45, 2.75) is 20.3 Å². The van der Waals surface area contributed by atoms with E-state index in [4.69, 9.17) is 14.2 Å². The second-order valence-corrected chi connectivity index (χ2v) is 7.85. The maximum absolute atomic E-state index is 12.7. The van der Waals surface area contributed by atoms with Crippen LogP contribution in [0.25, 0.3) is 11.1 Å². The van der Waals surface area contributed by atoms with Gasteiger partial charge in [0.15, 0.2) is 6.61 Å². The van der Waals surface area contributed by atoms with E-state index in [1.165, 1.54) is 11.3 Å². The number of esters is 1. The Morgan fingerprint density at radius 1 is 1.03 bits per heavy atom. The monoisotopic (exact) mass is 465 g/mol. The summed E-state index contributed by atoms with van der Waals surface area (Å²) in [7, 11) is 0. The van der Waals surface area contributed by atoms with Crippen molar-refractivity contribution < 1.29 is 23.8 Å². The fourth-order valence-corrected chi connectivity index (χ4v) is 4.21. The quantitative estimate of drug-likeness (QED) is 0.289. The number of hydrogen-bond donors (Lipinski definition) is 1. The molecule has 1 heterocycles. The molecule has 0 fully saturated rings. The zero-order chi connectivity index (χ0) is 23.6. The molecule has 0 radical (unpaired) electrons. The molecule has 0 unspecified atom stereocenters. The lowest BCUT2D eigenvalue weighted by Crippen LogP contribution is -2.21. The van der Waals surface area contributed by atoms with Crippen LogP contribution in [0.3, 0.4) is 0 Å². The molecule has 0 bridgehead atoms. The van der Waals surface area contributed by atoms with E-state index in [0.717, 1.165) is 16.9 Å². The van der Waals surface area contributed by atoms with E-state index in [1.54, 1.807) is 13.0 Å². The Bertz CT molecular complexity index is 1100. The van der Waals surface area contributed by atoms with E-state index in [1.807, 2.05) is 60.8 Å². The predicted molar refractivity (Wildman–Crippen MR) is 131 cm³/mol. The molecule has 3 rings (SSSR count). The van der Waals surface area contributed by atoms with Gasteiger partial charge in [-0.05, 0) is 49.6 Å². The predicted octanol–water partition coefficient (Wildman–Crippen LogP) is 5.74. The molecular weight excluding hydrogens is 438 g/mol. The Labute approximate surface area is 197 Å². The van der Waals surface area contributed by atoms with Crippen LogP contribution in [0.1, 0.15) is 29.8 Å². The van der Waals surface area contributed by atoms with Gasteiger partial charge in [0, 0.05) is 10.9 Å². The standard InChI is InChI=1S/C26H27NO5S/c1-4-9-19-10-7-8-11-22(19)32-16-23(28)27-25-24(26(29)31-6-3)21(17-33-25)18-12-14-20(15-13-18)30-5-2/h4,7-8,10-15,17H,1,5-6,9,16H2,2-3H3,(H,27,28). The topological polar surface area (TPSA) is 73.9 Å². The van der Waals surface area contributed by atoms with Gasteiger partial charge in [0.2, 0.25) is 0 Å². The van der Waals surface area contributed by atoms with Gasteiger partial charge in [-0.1, -0.05) is 36.4 Å². The molecule has 6 nitrogen and oxygen atoms in total. The van der Waals surface area contributed by atoms with Crippen molar-refractivity contribution >= 4 is 28.2 Å². The van der Waals surface area contributed by atoms with Crippen LogP contribution >= 0.6 is 11.3 Å². The van der Waals surface area contributed by atoms with Crippen LogP contribution in [0.15, 0.2) is 66.6 Å². The molecule has 172 valence electrons. The van der Waals surface area contributed by atoms with Crippen LogP contribution in [-0.2, 0) is 16.0 Å². The third-order valence-electron chi connectivity index (χ3n) is 4.70. The van der Waals surface area contributed by atoms with Gasteiger partial charge >= 0.3 is 5.97 Å². The summed E-state index contributed by atoms with van der Waals surface area (Å²) in [5.41, 5.74) is 2.79. The molecule has 1 amide bonds. The van der Waals surface area contributed by atoms with Crippen LogP contribution in [0, 0.1) is 0 Å². The van der Waals surface area contributed by atoms with Crippen molar-refractivity contribution in [3.8, 4) is 22.6 Å². The van der Waals surface area contributed by atoms with Crippen molar-refractivity contribution in [1.82, 2.24) is 0 Å². The molecule has 0 aliphatic heterocycles. The normalized spacial score (nSPS) is 10.4. The second kappa shape index (κ2) is 11.9. The summed E-state index contributed by atoms with van der Waals surface area (Å²) in [5, 5.41) is 5.06. The molecule has 1 N–H and O–H groups in total. The zero-order valence-electron chi connectivity index (χ0n) is 18.8. The van der Waals surface area contributed by atoms with E-state index in [9.17, 15) is 9.59 Å². The lowest BCUT2D eigenvalue weighted by atomic mass is 10.0. The molecule has 0 saturated carbocycles. The number of hydrogen-bond acceptors (Lipinski definition) is 6. The molecule has 0 aliphatic carbocycles. The average Bonchev–Trinajstić information content (AvgIpc) is 3.23. The van der Waals surface area contributed by atoms with E-state index in [-0.39, 0.29) is 19.1 Å². The third-order valence-corrected chi connectivity index (χ3v) is 5.59. The minimum atomic E-state index is -0.491. The van der Waals surface area contributed by atoms with Gasteiger partial charge in [-0.3, -0.25) is 4.79 Å². The van der Waals surface area contributed by atoms with Crippen molar-refractivity contribution in [1.29, 1.82) is 0 Å². The first-order valence-corrected chi connectivity index (χ1v) is 11.6. The van der Waals surface area contributed by atoms with Crippen molar-refractivity contribution in [3.05, 3.63) is 77.7 Å². The molecule has 0 spiro atoms. The number of ether oxygens (including phenoxy) is 3. The van der Waals surface area contributed by atoms with Gasteiger partial charge in [-0.2, -0.15) is 0 Å². The van der Waals surface area contributed by atoms with Crippen molar-refractivity contribution in [2.75, 3.05) is 25.1 Å². The summed E-state index contributed by atoms with van der Waals surface area (Å²) in [5.74, 6) is 0.514. The highest BCUT2D eigenvalue weighted by atomic mass is 32.1. The minimum Gasteiger partial charge on any atom is -0.494 e. The lowest BCUT2D eigenvalue weighted by Gasteiger charge is -2.11. The molecule has 33 heavy (non-hydrogen) atoms. The number of carbonyl (C=O) groups is 2.